The molecule has 1 nitrogen and oxygen atoms in total. The van der Waals surface area contributed by atoms with Gasteiger partial charge in [0, 0.05) is 6.04 Å². The summed E-state index contributed by atoms with van der Waals surface area (Å²) < 4.78 is 0. The molecule has 96 valence electrons. The molecule has 0 heterocycles. The zero-order valence-electron chi connectivity index (χ0n) is 11.1. The number of hydrogen-bond donors (Lipinski definition) is 1. The minimum atomic E-state index is 0.715. The van der Waals surface area contributed by atoms with E-state index in [1.807, 2.05) is 0 Å². The van der Waals surface area contributed by atoms with E-state index in [0.29, 0.717) is 6.04 Å². The van der Waals surface area contributed by atoms with Crippen LogP contribution in [0.4, 0.5) is 0 Å². The van der Waals surface area contributed by atoms with Gasteiger partial charge in [-0.2, -0.15) is 11.8 Å². The SMILES string of the molecule is CCCNC(C)CCCSCC1CCCC1. The molecule has 2 heteroatoms. The van der Waals surface area contributed by atoms with Crippen molar-refractivity contribution in [2.24, 2.45) is 5.92 Å². The molecule has 0 saturated heterocycles. The molecule has 16 heavy (non-hydrogen) atoms. The van der Waals surface area contributed by atoms with Gasteiger partial charge in [0.15, 0.2) is 0 Å². The molecule has 0 bridgehead atoms. The molecule has 0 radical (unpaired) electrons. The summed E-state index contributed by atoms with van der Waals surface area (Å²) in [5.74, 6) is 3.85. The van der Waals surface area contributed by atoms with E-state index >= 15 is 0 Å². The van der Waals surface area contributed by atoms with Crippen LogP contribution in [0.25, 0.3) is 0 Å². The summed E-state index contributed by atoms with van der Waals surface area (Å²) in [4.78, 5) is 0. The van der Waals surface area contributed by atoms with Crippen molar-refractivity contribution in [2.45, 2.75) is 64.8 Å². The molecule has 0 aromatic rings. The van der Waals surface area contributed by atoms with Gasteiger partial charge in [-0.25, -0.2) is 0 Å². The quantitative estimate of drug-likeness (QED) is 0.612. The van der Waals surface area contributed by atoms with Crippen LogP contribution in [-0.2, 0) is 0 Å². The van der Waals surface area contributed by atoms with Crippen molar-refractivity contribution in [1.29, 1.82) is 0 Å². The first-order chi connectivity index (χ1) is 7.83. The molecule has 1 unspecified atom stereocenters. The van der Waals surface area contributed by atoms with Crippen LogP contribution < -0.4 is 5.32 Å². The van der Waals surface area contributed by atoms with Crippen LogP contribution in [0.5, 0.6) is 0 Å². The number of hydrogen-bond acceptors (Lipinski definition) is 2. The highest BCUT2D eigenvalue weighted by molar-refractivity contribution is 7.99. The Morgan fingerprint density at radius 1 is 1.31 bits per heavy atom. The average molecular weight is 243 g/mol. The lowest BCUT2D eigenvalue weighted by Gasteiger charge is -2.13. The Morgan fingerprint density at radius 2 is 2.06 bits per heavy atom. The van der Waals surface area contributed by atoms with Crippen molar-refractivity contribution in [3.8, 4) is 0 Å². The highest BCUT2D eigenvalue weighted by Gasteiger charge is 2.14. The van der Waals surface area contributed by atoms with Crippen LogP contribution in [0.2, 0.25) is 0 Å². The van der Waals surface area contributed by atoms with Gasteiger partial charge in [-0.05, 0) is 63.0 Å². The molecule has 1 aliphatic carbocycles. The van der Waals surface area contributed by atoms with Crippen molar-refractivity contribution in [1.82, 2.24) is 5.32 Å². The smallest absolute Gasteiger partial charge is 0.00390 e. The van der Waals surface area contributed by atoms with Crippen molar-refractivity contribution < 1.29 is 0 Å². The van der Waals surface area contributed by atoms with Crippen molar-refractivity contribution >= 4 is 11.8 Å². The topological polar surface area (TPSA) is 12.0 Å². The Morgan fingerprint density at radius 3 is 2.75 bits per heavy atom. The second kappa shape index (κ2) is 9.35. The van der Waals surface area contributed by atoms with E-state index in [-0.39, 0.29) is 0 Å². The molecule has 0 aliphatic heterocycles. The first kappa shape index (κ1) is 14.4. The van der Waals surface area contributed by atoms with E-state index in [1.54, 1.807) is 0 Å². The maximum Gasteiger partial charge on any atom is 0.00390 e. The molecule has 1 saturated carbocycles. The fourth-order valence-corrected chi connectivity index (χ4v) is 3.62. The van der Waals surface area contributed by atoms with Crippen LogP contribution in [-0.4, -0.2) is 24.1 Å². The highest BCUT2D eigenvalue weighted by atomic mass is 32.2. The highest BCUT2D eigenvalue weighted by Crippen LogP contribution is 2.28. The van der Waals surface area contributed by atoms with Crippen molar-refractivity contribution in [3.05, 3.63) is 0 Å². The van der Waals surface area contributed by atoms with Gasteiger partial charge in [0.2, 0.25) is 0 Å². The Hall–Kier alpha value is 0.310. The molecule has 1 fully saturated rings. The monoisotopic (exact) mass is 243 g/mol. The molecule has 1 aliphatic rings. The molecule has 0 aromatic carbocycles. The molecule has 1 N–H and O–H groups in total. The van der Waals surface area contributed by atoms with Gasteiger partial charge in [-0.3, -0.25) is 0 Å². The number of rotatable bonds is 9. The molecule has 0 aromatic heterocycles. The van der Waals surface area contributed by atoms with E-state index in [4.69, 9.17) is 0 Å². The standard InChI is InChI=1S/C14H29NS/c1-3-10-15-13(2)7-6-11-16-12-14-8-4-5-9-14/h13-15H,3-12H2,1-2H3. The van der Waals surface area contributed by atoms with Crippen LogP contribution in [0.3, 0.4) is 0 Å². The van der Waals surface area contributed by atoms with Crippen LogP contribution in [0.1, 0.15) is 58.8 Å². The molecular formula is C14H29NS. The predicted molar refractivity (Wildman–Crippen MR) is 76.3 cm³/mol. The van der Waals surface area contributed by atoms with Gasteiger partial charge in [0.1, 0.15) is 0 Å². The van der Waals surface area contributed by atoms with E-state index in [1.165, 1.54) is 63.0 Å². The fourth-order valence-electron chi connectivity index (χ4n) is 2.41. The molecule has 0 spiro atoms. The summed E-state index contributed by atoms with van der Waals surface area (Å²) in [6.45, 7) is 5.73. The Balaban J connectivity index is 1.83. The van der Waals surface area contributed by atoms with Crippen LogP contribution in [0, 0.1) is 5.92 Å². The van der Waals surface area contributed by atoms with E-state index in [0.717, 1.165) is 5.92 Å². The lowest BCUT2D eigenvalue weighted by Crippen LogP contribution is -2.26. The van der Waals surface area contributed by atoms with Crippen LogP contribution >= 0.6 is 11.8 Å². The van der Waals surface area contributed by atoms with E-state index in [2.05, 4.69) is 30.9 Å². The van der Waals surface area contributed by atoms with Gasteiger partial charge in [-0.1, -0.05) is 19.8 Å². The number of thioether (sulfide) groups is 1. The minimum Gasteiger partial charge on any atom is -0.314 e. The second-order valence-electron chi connectivity index (χ2n) is 5.22. The molecular weight excluding hydrogens is 214 g/mol. The molecule has 0 amide bonds. The maximum absolute atomic E-state index is 3.56. The first-order valence-corrected chi connectivity index (χ1v) is 8.29. The van der Waals surface area contributed by atoms with Crippen molar-refractivity contribution in [2.75, 3.05) is 18.1 Å². The zero-order valence-corrected chi connectivity index (χ0v) is 12.0. The van der Waals surface area contributed by atoms with Gasteiger partial charge < -0.3 is 5.32 Å². The Labute approximate surface area is 106 Å². The van der Waals surface area contributed by atoms with E-state index < -0.39 is 0 Å². The van der Waals surface area contributed by atoms with E-state index in [9.17, 15) is 0 Å². The largest absolute Gasteiger partial charge is 0.314 e. The second-order valence-corrected chi connectivity index (χ2v) is 6.37. The average Bonchev–Trinajstić information content (AvgIpc) is 2.79. The maximum atomic E-state index is 3.56. The third-order valence-corrected chi connectivity index (χ3v) is 4.78. The summed E-state index contributed by atoms with van der Waals surface area (Å²) in [5.41, 5.74) is 0. The van der Waals surface area contributed by atoms with Crippen molar-refractivity contribution in [3.63, 3.8) is 0 Å². The summed E-state index contributed by atoms with van der Waals surface area (Å²) in [5, 5.41) is 3.56. The third-order valence-electron chi connectivity index (χ3n) is 3.50. The van der Waals surface area contributed by atoms with Gasteiger partial charge in [0.05, 0.1) is 0 Å². The molecule has 1 rings (SSSR count). The summed E-state index contributed by atoms with van der Waals surface area (Å²) in [6.07, 6.45) is 9.96. The summed E-state index contributed by atoms with van der Waals surface area (Å²) >= 11 is 2.19. The predicted octanol–water partition coefficient (Wildman–Crippen LogP) is 4.08. The molecule has 1 atom stereocenters. The third kappa shape index (κ3) is 6.80. The summed E-state index contributed by atoms with van der Waals surface area (Å²) in [7, 11) is 0. The Kier molecular flexibility index (Phi) is 8.40. The summed E-state index contributed by atoms with van der Waals surface area (Å²) in [6, 6.07) is 0.715. The normalized spacial score (nSPS) is 19.1. The minimum absolute atomic E-state index is 0.715. The van der Waals surface area contributed by atoms with Gasteiger partial charge in [-0.15, -0.1) is 0 Å². The first-order valence-electron chi connectivity index (χ1n) is 7.14. The zero-order chi connectivity index (χ0) is 11.6. The Bertz CT molecular complexity index is 155. The van der Waals surface area contributed by atoms with Gasteiger partial charge >= 0.3 is 0 Å². The lowest BCUT2D eigenvalue weighted by atomic mass is 10.1. The lowest BCUT2D eigenvalue weighted by molar-refractivity contribution is 0.510. The fraction of sp³-hybridized carbons (Fsp3) is 1.00. The van der Waals surface area contributed by atoms with Crippen LogP contribution in [0.15, 0.2) is 0 Å². The van der Waals surface area contributed by atoms with Gasteiger partial charge in [0.25, 0.3) is 0 Å². The number of nitrogens with one attached hydrogen (secondary N) is 1.